The molecule has 1 aliphatic heterocycles. The van der Waals surface area contributed by atoms with Crippen LogP contribution < -0.4 is 5.32 Å². The van der Waals surface area contributed by atoms with Gasteiger partial charge in [0.1, 0.15) is 0 Å². The zero-order chi connectivity index (χ0) is 24.5. The van der Waals surface area contributed by atoms with Crippen LogP contribution in [-0.2, 0) is 7.05 Å². The fourth-order valence-electron chi connectivity index (χ4n) is 4.00. The number of hydrogen-bond donors (Lipinski definition) is 1. The van der Waals surface area contributed by atoms with Gasteiger partial charge >= 0.3 is 0 Å². The van der Waals surface area contributed by atoms with Gasteiger partial charge in [0.05, 0.1) is 23.7 Å². The van der Waals surface area contributed by atoms with Crippen molar-refractivity contribution in [3.8, 4) is 11.4 Å². The zero-order valence-corrected chi connectivity index (χ0v) is 18.4. The molecular weight excluding hydrogens is 456 g/mol. The molecule has 13 heteroatoms. The van der Waals surface area contributed by atoms with E-state index in [1.165, 1.54) is 17.1 Å². The Kier molecular flexibility index (Phi) is 6.44. The first-order valence-corrected chi connectivity index (χ1v) is 10.5. The van der Waals surface area contributed by atoms with Crippen molar-refractivity contribution in [2.75, 3.05) is 18.4 Å². The molecule has 2 atom stereocenters. The maximum atomic E-state index is 14.5. The van der Waals surface area contributed by atoms with Crippen molar-refractivity contribution in [2.45, 2.75) is 31.7 Å². The van der Waals surface area contributed by atoms with Gasteiger partial charge in [-0.3, -0.25) is 9.48 Å². The van der Waals surface area contributed by atoms with E-state index in [9.17, 15) is 22.4 Å². The molecule has 3 aromatic heterocycles. The van der Waals surface area contributed by atoms with Crippen LogP contribution in [0, 0.1) is 5.92 Å². The van der Waals surface area contributed by atoms with E-state index >= 15 is 0 Å². The Morgan fingerprint density at radius 1 is 1.21 bits per heavy atom. The number of likely N-dealkylation sites (tertiary alicyclic amines) is 1. The van der Waals surface area contributed by atoms with Crippen LogP contribution in [-0.4, -0.2) is 65.6 Å². The van der Waals surface area contributed by atoms with Crippen molar-refractivity contribution in [2.24, 2.45) is 13.0 Å². The van der Waals surface area contributed by atoms with E-state index in [2.05, 4.69) is 30.4 Å². The Hall–Kier alpha value is -3.64. The minimum Gasteiger partial charge on any atom is -0.352 e. The van der Waals surface area contributed by atoms with Crippen LogP contribution in [0.15, 0.2) is 37.1 Å². The Morgan fingerprint density at radius 3 is 2.53 bits per heavy atom. The first kappa shape index (κ1) is 23.5. The van der Waals surface area contributed by atoms with E-state index in [0.29, 0.717) is 5.56 Å². The molecule has 180 valence electrons. The van der Waals surface area contributed by atoms with Gasteiger partial charge < -0.3 is 10.2 Å². The van der Waals surface area contributed by atoms with Crippen LogP contribution in [0.1, 0.15) is 35.8 Å². The molecule has 1 N–H and O–H groups in total. The minimum atomic E-state index is -3.08. The molecule has 4 heterocycles. The highest BCUT2D eigenvalue weighted by molar-refractivity contribution is 5.98. The Balaban J connectivity index is 1.60. The summed E-state index contributed by atoms with van der Waals surface area (Å²) in [6.45, 7) is 0.875. The molecule has 9 nitrogen and oxygen atoms in total. The number of carbonyl (C=O) groups is 1. The van der Waals surface area contributed by atoms with Crippen molar-refractivity contribution in [1.29, 1.82) is 0 Å². The van der Waals surface area contributed by atoms with E-state index in [1.807, 2.05) is 0 Å². The summed E-state index contributed by atoms with van der Waals surface area (Å²) in [5.41, 5.74) is -0.0488. The fraction of sp³-hybridized carbons (Fsp3) is 0.429. The zero-order valence-electron chi connectivity index (χ0n) is 18.4. The van der Waals surface area contributed by atoms with Gasteiger partial charge in [-0.1, -0.05) is 6.92 Å². The number of aromatic nitrogens is 6. The largest absolute Gasteiger partial charge is 0.352 e. The maximum Gasteiger partial charge on any atom is 0.275 e. The van der Waals surface area contributed by atoms with E-state index in [4.69, 9.17) is 0 Å². The molecule has 1 amide bonds. The monoisotopic (exact) mass is 478 g/mol. The lowest BCUT2D eigenvalue weighted by Crippen LogP contribution is -2.57. The first-order valence-electron chi connectivity index (χ1n) is 10.5. The van der Waals surface area contributed by atoms with Gasteiger partial charge in [0.25, 0.3) is 18.3 Å². The summed E-state index contributed by atoms with van der Waals surface area (Å²) < 4.78 is 55.9. The normalized spacial score (nSPS) is 19.9. The Labute approximate surface area is 192 Å². The summed E-state index contributed by atoms with van der Waals surface area (Å²) in [6.07, 6.45) is 3.43. The first-order chi connectivity index (χ1) is 16.1. The van der Waals surface area contributed by atoms with Crippen LogP contribution in [0.3, 0.4) is 0 Å². The van der Waals surface area contributed by atoms with Crippen molar-refractivity contribution >= 4 is 11.9 Å². The number of amides is 1. The van der Waals surface area contributed by atoms with E-state index in [-0.39, 0.29) is 29.6 Å². The molecule has 0 bridgehead atoms. The minimum absolute atomic E-state index is 0.0406. The Bertz CT molecular complexity index is 1140. The number of piperidine rings is 1. The second-order valence-corrected chi connectivity index (χ2v) is 8.20. The quantitative estimate of drug-likeness (QED) is 0.543. The highest BCUT2D eigenvalue weighted by Crippen LogP contribution is 2.36. The summed E-state index contributed by atoms with van der Waals surface area (Å²) in [7, 11) is 1.61. The van der Waals surface area contributed by atoms with Crippen molar-refractivity contribution < 1.29 is 22.4 Å². The molecule has 4 rings (SSSR count). The maximum absolute atomic E-state index is 14.5. The van der Waals surface area contributed by atoms with Gasteiger partial charge in [-0.25, -0.2) is 37.5 Å². The molecular formula is C21H22F4N8O. The van der Waals surface area contributed by atoms with Gasteiger partial charge in [-0.15, -0.1) is 0 Å². The molecule has 3 aromatic rings. The van der Waals surface area contributed by atoms with Gasteiger partial charge in [0.2, 0.25) is 5.95 Å². The number of anilines is 1. The van der Waals surface area contributed by atoms with Crippen LogP contribution in [0.25, 0.3) is 11.4 Å². The number of rotatable bonds is 6. The molecule has 1 unspecified atom stereocenters. The lowest BCUT2D eigenvalue weighted by molar-refractivity contribution is -0.0898. The second-order valence-electron chi connectivity index (χ2n) is 8.20. The number of aryl methyl sites for hydroxylation is 1. The van der Waals surface area contributed by atoms with Crippen LogP contribution >= 0.6 is 0 Å². The summed E-state index contributed by atoms with van der Waals surface area (Å²) >= 11 is 0. The summed E-state index contributed by atoms with van der Waals surface area (Å²) in [6, 6.07) is 0.961. The molecule has 1 saturated heterocycles. The molecule has 34 heavy (non-hydrogen) atoms. The number of halogens is 4. The number of nitrogens with zero attached hydrogens (tertiary/aromatic N) is 7. The van der Waals surface area contributed by atoms with E-state index < -0.39 is 43.2 Å². The summed E-state index contributed by atoms with van der Waals surface area (Å²) in [5, 5.41) is 7.07. The number of alkyl halides is 4. The molecule has 0 aromatic carbocycles. The van der Waals surface area contributed by atoms with Crippen LogP contribution in [0.5, 0.6) is 0 Å². The molecule has 0 radical (unpaired) electrons. The topological polar surface area (TPSA) is 102 Å². The van der Waals surface area contributed by atoms with Crippen molar-refractivity contribution in [1.82, 2.24) is 34.6 Å². The van der Waals surface area contributed by atoms with Crippen molar-refractivity contribution in [3.63, 3.8) is 0 Å². The van der Waals surface area contributed by atoms with Crippen LogP contribution in [0.4, 0.5) is 23.5 Å². The average Bonchev–Trinajstić information content (AvgIpc) is 3.19. The lowest BCUT2D eigenvalue weighted by atomic mass is 9.88. The predicted molar refractivity (Wildman–Crippen MR) is 113 cm³/mol. The molecule has 0 aliphatic carbocycles. The molecule has 0 saturated carbocycles. The highest BCUT2D eigenvalue weighted by atomic mass is 19.3. The third-order valence-corrected chi connectivity index (χ3v) is 5.57. The number of hydrogen-bond acceptors (Lipinski definition) is 7. The third-order valence-electron chi connectivity index (χ3n) is 5.57. The number of carbonyl (C=O) groups excluding carboxylic acids is 1. The Morgan fingerprint density at radius 2 is 1.88 bits per heavy atom. The predicted octanol–water partition coefficient (Wildman–Crippen LogP) is 3.20. The second kappa shape index (κ2) is 9.31. The van der Waals surface area contributed by atoms with Gasteiger partial charge in [-0.05, 0) is 12.0 Å². The van der Waals surface area contributed by atoms with Gasteiger partial charge in [0, 0.05) is 51.0 Å². The molecule has 0 spiro atoms. The average molecular weight is 478 g/mol. The van der Waals surface area contributed by atoms with E-state index in [1.54, 1.807) is 26.2 Å². The van der Waals surface area contributed by atoms with Crippen LogP contribution in [0.2, 0.25) is 0 Å². The highest BCUT2D eigenvalue weighted by Gasteiger charge is 2.47. The van der Waals surface area contributed by atoms with Crippen molar-refractivity contribution in [3.05, 3.63) is 48.3 Å². The van der Waals surface area contributed by atoms with E-state index in [0.717, 1.165) is 17.3 Å². The molecule has 1 fully saturated rings. The third kappa shape index (κ3) is 4.97. The fourth-order valence-corrected chi connectivity index (χ4v) is 4.00. The lowest BCUT2D eigenvalue weighted by Gasteiger charge is -2.43. The smallest absolute Gasteiger partial charge is 0.275 e. The molecule has 1 aliphatic rings. The summed E-state index contributed by atoms with van der Waals surface area (Å²) in [5.74, 6) is -4.05. The van der Waals surface area contributed by atoms with Gasteiger partial charge in [0.15, 0.2) is 11.5 Å². The van der Waals surface area contributed by atoms with Gasteiger partial charge in [-0.2, -0.15) is 5.10 Å². The number of nitrogens with one attached hydrogen (secondary N) is 1. The SMILES string of the molecule is C[C@@H]1CC(F)(F)CN(C(=O)c2nn(C)cc2-c2ncccn2)C1CNc1ncc(C(F)F)cn1. The summed E-state index contributed by atoms with van der Waals surface area (Å²) in [4.78, 5) is 30.5. The standard InChI is InChI=1S/C21H22F4N8O/c1-12-6-21(24,25)11-33(15(12)9-30-20-28-7-13(8-29-20)17(22)23)19(34)16-14(10-32(2)31-16)18-26-4-3-5-27-18/h3-5,7-8,10,12,15,17H,6,9,11H2,1-2H3,(H,28,29,30)/t12-,15?/m1/s1.